The minimum atomic E-state index is -0.169. The third-order valence-corrected chi connectivity index (χ3v) is 5.78. The highest BCUT2D eigenvalue weighted by molar-refractivity contribution is 5.76. The first kappa shape index (κ1) is 18.3. The average Bonchev–Trinajstić information content (AvgIpc) is 3.00. The first-order chi connectivity index (χ1) is 13.2. The summed E-state index contributed by atoms with van der Waals surface area (Å²) in [5, 5.41) is 3.49. The molecule has 2 unspecified atom stereocenters. The van der Waals surface area contributed by atoms with Crippen LogP contribution in [0, 0.1) is 5.82 Å². The lowest BCUT2D eigenvalue weighted by atomic mass is 10.1. The molecule has 27 heavy (non-hydrogen) atoms. The van der Waals surface area contributed by atoms with Gasteiger partial charge in [-0.3, -0.25) is 9.80 Å². The zero-order valence-corrected chi connectivity index (χ0v) is 16.2. The molecule has 2 heterocycles. The molecule has 1 saturated heterocycles. The lowest BCUT2D eigenvalue weighted by Gasteiger charge is -2.44. The molecule has 0 spiro atoms. The molecule has 2 aliphatic heterocycles. The quantitative estimate of drug-likeness (QED) is 0.862. The predicted molar refractivity (Wildman–Crippen MR) is 109 cm³/mol. The summed E-state index contributed by atoms with van der Waals surface area (Å²) in [6, 6.07) is 15.7. The molecule has 0 aliphatic carbocycles. The monoisotopic (exact) mass is 368 g/mol. The first-order valence-electron chi connectivity index (χ1n) is 10.0. The number of anilines is 2. The van der Waals surface area contributed by atoms with Gasteiger partial charge in [0.05, 0.1) is 23.7 Å². The second kappa shape index (κ2) is 7.87. The van der Waals surface area contributed by atoms with Crippen LogP contribution in [-0.4, -0.2) is 48.3 Å². The van der Waals surface area contributed by atoms with Gasteiger partial charge in [0.25, 0.3) is 0 Å². The van der Waals surface area contributed by atoms with Gasteiger partial charge in [-0.2, -0.15) is 0 Å². The summed E-state index contributed by atoms with van der Waals surface area (Å²) >= 11 is 0. The van der Waals surface area contributed by atoms with E-state index >= 15 is 0 Å². The summed E-state index contributed by atoms with van der Waals surface area (Å²) in [7, 11) is 0. The van der Waals surface area contributed by atoms with Crippen molar-refractivity contribution in [2.75, 3.05) is 36.4 Å². The van der Waals surface area contributed by atoms with Crippen molar-refractivity contribution in [1.82, 2.24) is 9.80 Å². The molecule has 4 rings (SSSR count). The summed E-state index contributed by atoms with van der Waals surface area (Å²) < 4.78 is 13.9. The van der Waals surface area contributed by atoms with E-state index in [0.717, 1.165) is 50.5 Å². The summed E-state index contributed by atoms with van der Waals surface area (Å²) in [5.41, 5.74) is 3.39. The zero-order chi connectivity index (χ0) is 18.8. The molecule has 2 aromatic rings. The van der Waals surface area contributed by atoms with Gasteiger partial charge in [-0.15, -0.1) is 0 Å². The predicted octanol–water partition coefficient (Wildman–Crippen LogP) is 3.96. The Morgan fingerprint density at radius 3 is 2.52 bits per heavy atom. The maximum Gasteiger partial charge on any atom is 0.125 e. The van der Waals surface area contributed by atoms with Crippen LogP contribution >= 0.6 is 0 Å². The van der Waals surface area contributed by atoms with Crippen LogP contribution in [0.25, 0.3) is 0 Å². The van der Waals surface area contributed by atoms with Crippen LogP contribution in [-0.2, 0) is 6.54 Å². The van der Waals surface area contributed by atoms with Gasteiger partial charge in [-0.1, -0.05) is 37.3 Å². The lowest BCUT2D eigenvalue weighted by molar-refractivity contribution is 0.0864. The molecule has 5 heteroatoms. The SMILES string of the molecule is CCC(N1CCN(Cc2ccccc2)CC1)N1c2cc(F)ccc2NC1C. The molecule has 2 aromatic carbocycles. The van der Waals surface area contributed by atoms with Crippen LogP contribution in [0.4, 0.5) is 15.8 Å². The van der Waals surface area contributed by atoms with Gasteiger partial charge >= 0.3 is 0 Å². The third kappa shape index (κ3) is 3.80. The van der Waals surface area contributed by atoms with Gasteiger partial charge in [0.15, 0.2) is 0 Å². The molecule has 144 valence electrons. The van der Waals surface area contributed by atoms with Crippen molar-refractivity contribution in [1.29, 1.82) is 0 Å². The van der Waals surface area contributed by atoms with E-state index in [4.69, 9.17) is 0 Å². The number of nitrogens with zero attached hydrogens (tertiary/aromatic N) is 3. The minimum Gasteiger partial charge on any atom is -0.364 e. The van der Waals surface area contributed by atoms with Crippen molar-refractivity contribution in [2.45, 2.75) is 39.1 Å². The van der Waals surface area contributed by atoms with Crippen molar-refractivity contribution in [3.8, 4) is 0 Å². The van der Waals surface area contributed by atoms with E-state index in [1.165, 1.54) is 11.6 Å². The molecule has 0 bridgehead atoms. The second-order valence-electron chi connectivity index (χ2n) is 7.58. The topological polar surface area (TPSA) is 21.8 Å². The lowest BCUT2D eigenvalue weighted by Crippen LogP contribution is -2.57. The Hall–Kier alpha value is -2.11. The van der Waals surface area contributed by atoms with E-state index < -0.39 is 0 Å². The molecule has 0 amide bonds. The second-order valence-corrected chi connectivity index (χ2v) is 7.58. The molecular weight excluding hydrogens is 339 g/mol. The normalized spacial score (nSPS) is 21.7. The number of benzene rings is 2. The number of piperazine rings is 1. The molecule has 1 N–H and O–H groups in total. The maximum atomic E-state index is 13.9. The molecular formula is C22H29FN4. The Labute approximate surface area is 161 Å². The van der Waals surface area contributed by atoms with Crippen LogP contribution in [0.5, 0.6) is 0 Å². The molecule has 2 aliphatic rings. The Morgan fingerprint density at radius 2 is 1.81 bits per heavy atom. The summed E-state index contributed by atoms with van der Waals surface area (Å²) in [4.78, 5) is 7.43. The number of halogens is 1. The van der Waals surface area contributed by atoms with Crippen LogP contribution in [0.15, 0.2) is 48.5 Å². The van der Waals surface area contributed by atoms with Gasteiger partial charge in [0.1, 0.15) is 5.82 Å². The molecule has 2 atom stereocenters. The van der Waals surface area contributed by atoms with E-state index in [1.807, 2.05) is 6.07 Å². The third-order valence-electron chi connectivity index (χ3n) is 5.78. The van der Waals surface area contributed by atoms with Crippen LogP contribution in [0.3, 0.4) is 0 Å². The largest absolute Gasteiger partial charge is 0.364 e. The fraction of sp³-hybridized carbons (Fsp3) is 0.455. The van der Waals surface area contributed by atoms with Crippen molar-refractivity contribution >= 4 is 11.4 Å². The highest BCUT2D eigenvalue weighted by Gasteiger charge is 2.35. The Kier molecular flexibility index (Phi) is 5.32. The smallest absolute Gasteiger partial charge is 0.125 e. The van der Waals surface area contributed by atoms with Gasteiger partial charge in [-0.25, -0.2) is 4.39 Å². The van der Waals surface area contributed by atoms with E-state index in [2.05, 4.69) is 64.2 Å². The standard InChI is InChI=1S/C22H29FN4/c1-3-22(27-17(2)24-20-10-9-19(23)15-21(20)27)26-13-11-25(12-14-26)16-18-7-5-4-6-8-18/h4-10,15,17,22,24H,3,11-14,16H2,1-2H3. The molecule has 4 nitrogen and oxygen atoms in total. The molecule has 1 fully saturated rings. The van der Waals surface area contributed by atoms with E-state index in [9.17, 15) is 4.39 Å². The number of nitrogens with one attached hydrogen (secondary N) is 1. The van der Waals surface area contributed by atoms with Crippen molar-refractivity contribution < 1.29 is 4.39 Å². The Morgan fingerprint density at radius 1 is 1.07 bits per heavy atom. The molecule has 0 saturated carbocycles. The van der Waals surface area contributed by atoms with Gasteiger partial charge < -0.3 is 10.2 Å². The van der Waals surface area contributed by atoms with Crippen LogP contribution in [0.1, 0.15) is 25.8 Å². The minimum absolute atomic E-state index is 0.169. The average molecular weight is 369 g/mol. The van der Waals surface area contributed by atoms with Crippen LogP contribution < -0.4 is 10.2 Å². The van der Waals surface area contributed by atoms with Crippen molar-refractivity contribution in [3.63, 3.8) is 0 Å². The van der Waals surface area contributed by atoms with E-state index in [1.54, 1.807) is 6.07 Å². The fourth-order valence-corrected chi connectivity index (χ4v) is 4.45. The van der Waals surface area contributed by atoms with Crippen LogP contribution in [0.2, 0.25) is 0 Å². The maximum absolute atomic E-state index is 13.9. The fourth-order valence-electron chi connectivity index (χ4n) is 4.45. The van der Waals surface area contributed by atoms with E-state index in [0.29, 0.717) is 0 Å². The molecule has 0 aromatic heterocycles. The Bertz CT molecular complexity index is 758. The molecule has 0 radical (unpaired) electrons. The number of rotatable bonds is 5. The van der Waals surface area contributed by atoms with Gasteiger partial charge in [0.2, 0.25) is 0 Å². The number of hydrogen-bond donors (Lipinski definition) is 1. The summed E-state index contributed by atoms with van der Waals surface area (Å²) in [6.45, 7) is 9.62. The van der Waals surface area contributed by atoms with Crippen molar-refractivity contribution in [2.24, 2.45) is 0 Å². The van der Waals surface area contributed by atoms with Gasteiger partial charge in [0, 0.05) is 32.7 Å². The van der Waals surface area contributed by atoms with Gasteiger partial charge in [-0.05, 0) is 37.1 Å². The van der Waals surface area contributed by atoms with Crippen molar-refractivity contribution in [3.05, 3.63) is 59.9 Å². The summed E-state index contributed by atoms with van der Waals surface area (Å²) in [5.74, 6) is -0.169. The zero-order valence-electron chi connectivity index (χ0n) is 16.2. The highest BCUT2D eigenvalue weighted by atomic mass is 19.1. The Balaban J connectivity index is 1.43. The number of fused-ring (bicyclic) bond motifs is 1. The highest BCUT2D eigenvalue weighted by Crippen LogP contribution is 2.38. The summed E-state index contributed by atoms with van der Waals surface area (Å²) in [6.07, 6.45) is 1.48. The van der Waals surface area contributed by atoms with E-state index in [-0.39, 0.29) is 18.1 Å². The number of hydrogen-bond acceptors (Lipinski definition) is 4. The first-order valence-corrected chi connectivity index (χ1v) is 10.0.